The van der Waals surface area contributed by atoms with E-state index in [-0.39, 0.29) is 32.9 Å². The summed E-state index contributed by atoms with van der Waals surface area (Å²) >= 11 is 11.4. The van der Waals surface area contributed by atoms with E-state index in [4.69, 9.17) is 32.7 Å². The third-order valence-corrected chi connectivity index (χ3v) is 3.72. The number of nitro benzene ring substituents is 1. The van der Waals surface area contributed by atoms with Crippen molar-refractivity contribution in [1.82, 2.24) is 4.98 Å². The summed E-state index contributed by atoms with van der Waals surface area (Å²) in [5, 5.41) is 13.3. The van der Waals surface area contributed by atoms with Crippen LogP contribution in [0.15, 0.2) is 30.5 Å². The van der Waals surface area contributed by atoms with Crippen molar-refractivity contribution >= 4 is 46.5 Å². The predicted molar refractivity (Wildman–Crippen MR) is 92.8 cm³/mol. The van der Waals surface area contributed by atoms with Crippen molar-refractivity contribution in [2.24, 2.45) is 0 Å². The van der Waals surface area contributed by atoms with Crippen LogP contribution >= 0.6 is 23.2 Å². The number of anilines is 1. The molecule has 1 N–H and O–H groups in total. The van der Waals surface area contributed by atoms with Gasteiger partial charge in [-0.3, -0.25) is 14.9 Å². The Hall–Kier alpha value is -2.91. The van der Waals surface area contributed by atoms with Crippen LogP contribution in [0.3, 0.4) is 0 Å². The van der Waals surface area contributed by atoms with Gasteiger partial charge in [0, 0.05) is 18.3 Å². The Labute approximate surface area is 157 Å². The number of pyridine rings is 1. The fraction of sp³-hybridized carbons (Fsp3) is 0.133. The molecule has 0 aliphatic heterocycles. The van der Waals surface area contributed by atoms with E-state index in [1.54, 1.807) is 0 Å². The fourth-order valence-electron chi connectivity index (χ4n) is 1.84. The van der Waals surface area contributed by atoms with Crippen molar-refractivity contribution in [3.05, 3.63) is 56.3 Å². The fourth-order valence-corrected chi connectivity index (χ4v) is 2.11. The summed E-state index contributed by atoms with van der Waals surface area (Å²) in [6.45, 7) is -0.634. The van der Waals surface area contributed by atoms with E-state index in [9.17, 15) is 19.7 Å². The van der Waals surface area contributed by atoms with Gasteiger partial charge in [-0.2, -0.15) is 0 Å². The number of nitrogens with zero attached hydrogens (tertiary/aromatic N) is 2. The Bertz CT molecular complexity index is 874. The summed E-state index contributed by atoms with van der Waals surface area (Å²) < 4.78 is 9.86. The van der Waals surface area contributed by atoms with E-state index < -0.39 is 23.4 Å². The lowest BCUT2D eigenvalue weighted by Gasteiger charge is -2.10. The van der Waals surface area contributed by atoms with Gasteiger partial charge < -0.3 is 14.8 Å². The molecule has 136 valence electrons. The number of ether oxygens (including phenoxy) is 2. The number of carbonyl (C=O) groups is 2. The molecule has 0 aliphatic carbocycles. The van der Waals surface area contributed by atoms with Gasteiger partial charge in [0.25, 0.3) is 11.6 Å². The Morgan fingerprint density at radius 3 is 2.65 bits per heavy atom. The maximum absolute atomic E-state index is 11.9. The van der Waals surface area contributed by atoms with Gasteiger partial charge in [-0.05, 0) is 12.1 Å². The summed E-state index contributed by atoms with van der Waals surface area (Å²) in [7, 11) is 1.34. The second-order valence-electron chi connectivity index (χ2n) is 4.76. The van der Waals surface area contributed by atoms with Gasteiger partial charge in [0.15, 0.2) is 6.61 Å². The summed E-state index contributed by atoms with van der Waals surface area (Å²) in [4.78, 5) is 37.7. The highest BCUT2D eigenvalue weighted by atomic mass is 35.5. The van der Waals surface area contributed by atoms with Crippen molar-refractivity contribution in [2.75, 3.05) is 19.0 Å². The van der Waals surface area contributed by atoms with Crippen molar-refractivity contribution in [1.29, 1.82) is 0 Å². The molecule has 0 fully saturated rings. The van der Waals surface area contributed by atoms with Crippen LogP contribution in [-0.4, -0.2) is 35.5 Å². The normalized spacial score (nSPS) is 10.1. The Morgan fingerprint density at radius 1 is 1.31 bits per heavy atom. The van der Waals surface area contributed by atoms with Crippen molar-refractivity contribution in [3.8, 4) is 5.75 Å². The number of nitro groups is 1. The zero-order chi connectivity index (χ0) is 19.3. The van der Waals surface area contributed by atoms with Crippen LogP contribution in [0.4, 0.5) is 11.4 Å². The van der Waals surface area contributed by atoms with E-state index >= 15 is 0 Å². The van der Waals surface area contributed by atoms with E-state index in [1.807, 2.05) is 0 Å². The van der Waals surface area contributed by atoms with Crippen molar-refractivity contribution in [3.63, 3.8) is 0 Å². The zero-order valence-electron chi connectivity index (χ0n) is 13.2. The maximum atomic E-state index is 11.9. The molecule has 0 saturated carbocycles. The SMILES string of the molecule is COc1ccc([N+](=O)[O-])cc1NC(=O)COC(=O)c1cnc(Cl)c(Cl)c1. The molecular formula is C15H11Cl2N3O6. The molecule has 0 aliphatic rings. The first-order valence-electron chi connectivity index (χ1n) is 6.92. The molecule has 0 bridgehead atoms. The molecule has 0 atom stereocenters. The summed E-state index contributed by atoms with van der Waals surface area (Å²) in [6.07, 6.45) is 1.15. The number of amides is 1. The number of hydrogen-bond donors (Lipinski definition) is 1. The van der Waals surface area contributed by atoms with Crippen LogP contribution < -0.4 is 10.1 Å². The van der Waals surface area contributed by atoms with Gasteiger partial charge in [0.05, 0.1) is 28.3 Å². The number of esters is 1. The van der Waals surface area contributed by atoms with Crippen molar-refractivity contribution in [2.45, 2.75) is 0 Å². The number of aromatic nitrogens is 1. The van der Waals surface area contributed by atoms with Crippen LogP contribution in [0, 0.1) is 10.1 Å². The van der Waals surface area contributed by atoms with Gasteiger partial charge in [0.1, 0.15) is 10.9 Å². The third-order valence-electron chi connectivity index (χ3n) is 3.03. The summed E-state index contributed by atoms with van der Waals surface area (Å²) in [6, 6.07) is 4.94. The maximum Gasteiger partial charge on any atom is 0.340 e. The number of methoxy groups -OCH3 is 1. The highest BCUT2D eigenvalue weighted by molar-refractivity contribution is 6.41. The molecule has 0 unspecified atom stereocenters. The minimum atomic E-state index is -0.836. The number of carbonyl (C=O) groups excluding carboxylic acids is 2. The van der Waals surface area contributed by atoms with Crippen LogP contribution in [0.5, 0.6) is 5.75 Å². The molecule has 1 aromatic carbocycles. The first-order chi connectivity index (χ1) is 12.3. The van der Waals surface area contributed by atoms with Gasteiger partial charge in [-0.1, -0.05) is 23.2 Å². The van der Waals surface area contributed by atoms with Gasteiger partial charge in [-0.25, -0.2) is 9.78 Å². The Balaban J connectivity index is 2.02. The Kier molecular flexibility index (Phi) is 6.31. The minimum Gasteiger partial charge on any atom is -0.495 e. The molecule has 1 aromatic heterocycles. The molecule has 0 spiro atoms. The van der Waals surface area contributed by atoms with Crippen LogP contribution in [0.2, 0.25) is 10.2 Å². The third kappa shape index (κ3) is 4.80. The first-order valence-corrected chi connectivity index (χ1v) is 7.68. The molecule has 1 heterocycles. The lowest BCUT2D eigenvalue weighted by molar-refractivity contribution is -0.384. The minimum absolute atomic E-state index is 0.0140. The Morgan fingerprint density at radius 2 is 2.04 bits per heavy atom. The predicted octanol–water partition coefficient (Wildman–Crippen LogP) is 3.10. The highest BCUT2D eigenvalue weighted by Gasteiger charge is 2.16. The number of hydrogen-bond acceptors (Lipinski definition) is 7. The van der Waals surface area contributed by atoms with E-state index in [1.165, 1.54) is 25.3 Å². The van der Waals surface area contributed by atoms with E-state index in [0.717, 1.165) is 12.3 Å². The number of benzene rings is 1. The average Bonchev–Trinajstić information content (AvgIpc) is 2.61. The molecule has 2 rings (SSSR count). The quantitative estimate of drug-likeness (QED) is 0.342. The smallest absolute Gasteiger partial charge is 0.340 e. The number of non-ortho nitro benzene ring substituents is 1. The zero-order valence-corrected chi connectivity index (χ0v) is 14.7. The molecule has 2 aromatic rings. The standard InChI is InChI=1S/C15H11Cl2N3O6/c1-25-12-3-2-9(20(23)24)5-11(12)19-13(21)7-26-15(22)8-4-10(16)14(17)18-6-8/h2-6H,7H2,1H3,(H,19,21). The number of rotatable bonds is 6. The van der Waals surface area contributed by atoms with Crippen LogP contribution in [0.1, 0.15) is 10.4 Å². The molecule has 11 heteroatoms. The lowest BCUT2D eigenvalue weighted by atomic mass is 10.2. The largest absolute Gasteiger partial charge is 0.495 e. The molecule has 26 heavy (non-hydrogen) atoms. The van der Waals surface area contributed by atoms with Crippen LogP contribution in [-0.2, 0) is 9.53 Å². The highest BCUT2D eigenvalue weighted by Crippen LogP contribution is 2.28. The molecule has 1 amide bonds. The van der Waals surface area contributed by atoms with Gasteiger partial charge >= 0.3 is 5.97 Å². The average molecular weight is 400 g/mol. The monoisotopic (exact) mass is 399 g/mol. The van der Waals surface area contributed by atoms with Gasteiger partial charge in [0.2, 0.25) is 0 Å². The van der Waals surface area contributed by atoms with E-state index in [0.29, 0.717) is 0 Å². The summed E-state index contributed by atoms with van der Waals surface area (Å²) in [5.41, 5.74) is -0.154. The molecule has 0 saturated heterocycles. The van der Waals surface area contributed by atoms with Crippen molar-refractivity contribution < 1.29 is 24.0 Å². The number of nitrogens with one attached hydrogen (secondary N) is 1. The van der Waals surface area contributed by atoms with Gasteiger partial charge in [-0.15, -0.1) is 0 Å². The molecular weight excluding hydrogens is 389 g/mol. The molecule has 0 radical (unpaired) electrons. The first kappa shape index (κ1) is 19.4. The van der Waals surface area contributed by atoms with E-state index in [2.05, 4.69) is 10.3 Å². The second kappa shape index (κ2) is 8.45. The topological polar surface area (TPSA) is 121 Å². The number of halogens is 2. The second-order valence-corrected chi connectivity index (χ2v) is 5.53. The summed E-state index contributed by atoms with van der Waals surface area (Å²) in [5.74, 6) is -1.34. The molecule has 9 nitrogen and oxygen atoms in total. The lowest BCUT2D eigenvalue weighted by Crippen LogP contribution is -2.21. The van der Waals surface area contributed by atoms with Crippen LogP contribution in [0.25, 0.3) is 0 Å².